The van der Waals surface area contributed by atoms with E-state index in [1.54, 1.807) is 0 Å². The van der Waals surface area contributed by atoms with Crippen LogP contribution in [0.4, 0.5) is 5.69 Å². The number of nitrogens with zero attached hydrogens (tertiary/aromatic N) is 1. The first-order valence-corrected chi connectivity index (χ1v) is 9.29. The number of aryl methyl sites for hydroxylation is 1. The Balaban J connectivity index is 1.79. The summed E-state index contributed by atoms with van der Waals surface area (Å²) in [4.78, 5) is 14.6. The second-order valence-electron chi connectivity index (χ2n) is 6.61. The molecule has 0 fully saturated rings. The summed E-state index contributed by atoms with van der Waals surface area (Å²) in [6.07, 6.45) is 1.07. The first kappa shape index (κ1) is 19.8. The van der Waals surface area contributed by atoms with Gasteiger partial charge in [-0.25, -0.2) is 0 Å². The van der Waals surface area contributed by atoms with Crippen LogP contribution in [0.25, 0.3) is 0 Å². The Morgan fingerprint density at radius 1 is 1.12 bits per heavy atom. The zero-order valence-electron chi connectivity index (χ0n) is 16.3. The fraction of sp³-hybridized carbons (Fsp3) is 0.409. The molecular formula is C22H30N2O2. The summed E-state index contributed by atoms with van der Waals surface area (Å²) in [6, 6.07) is 16.2. The number of hydrogen-bond donors (Lipinski definition) is 1. The van der Waals surface area contributed by atoms with Crippen molar-refractivity contribution in [2.75, 3.05) is 25.0 Å². The molecule has 2 rings (SSSR count). The van der Waals surface area contributed by atoms with Gasteiger partial charge in [0.15, 0.2) is 6.10 Å². The molecule has 0 unspecified atom stereocenters. The van der Waals surface area contributed by atoms with Gasteiger partial charge in [-0.3, -0.25) is 4.79 Å². The Morgan fingerprint density at radius 3 is 2.54 bits per heavy atom. The maximum atomic E-state index is 12.4. The summed E-state index contributed by atoms with van der Waals surface area (Å²) in [5, 5.41) is 3.00. The summed E-state index contributed by atoms with van der Waals surface area (Å²) in [6.45, 7) is 7.57. The number of rotatable bonds is 9. The number of benzene rings is 2. The topological polar surface area (TPSA) is 41.6 Å². The van der Waals surface area contributed by atoms with Crippen LogP contribution >= 0.6 is 0 Å². The number of carbonyl (C=O) groups is 1. The van der Waals surface area contributed by atoms with Crippen LogP contribution in [0, 0.1) is 13.8 Å². The van der Waals surface area contributed by atoms with Crippen LogP contribution in [0.2, 0.25) is 0 Å². The van der Waals surface area contributed by atoms with Crippen LogP contribution in [-0.4, -0.2) is 32.1 Å². The van der Waals surface area contributed by atoms with Crippen molar-refractivity contribution < 1.29 is 9.53 Å². The van der Waals surface area contributed by atoms with Crippen LogP contribution in [-0.2, 0) is 4.79 Å². The van der Waals surface area contributed by atoms with Gasteiger partial charge in [0.1, 0.15) is 5.75 Å². The van der Waals surface area contributed by atoms with Crippen molar-refractivity contribution in [2.24, 2.45) is 0 Å². The van der Waals surface area contributed by atoms with E-state index in [0.29, 0.717) is 13.0 Å². The van der Waals surface area contributed by atoms with Gasteiger partial charge in [-0.15, -0.1) is 0 Å². The maximum Gasteiger partial charge on any atom is 0.261 e. The Labute approximate surface area is 157 Å². The zero-order valence-corrected chi connectivity index (χ0v) is 16.3. The van der Waals surface area contributed by atoms with Gasteiger partial charge in [0, 0.05) is 25.8 Å². The molecule has 1 N–H and O–H groups in total. The highest BCUT2D eigenvalue weighted by atomic mass is 16.5. The molecule has 0 aliphatic rings. The van der Waals surface area contributed by atoms with E-state index in [9.17, 15) is 4.79 Å². The molecule has 2 aromatic rings. The van der Waals surface area contributed by atoms with Crippen molar-refractivity contribution in [3.8, 4) is 5.75 Å². The second-order valence-corrected chi connectivity index (χ2v) is 6.61. The standard InChI is InChI=1S/C22H30N2O2/c1-5-20(26-21-14-9-11-17(2)18(21)3)22(25)23-15-10-16-24(4)19-12-7-6-8-13-19/h6-9,11-14,20H,5,10,15-16H2,1-4H3,(H,23,25)/t20-/m0/s1. The Bertz CT molecular complexity index is 701. The highest BCUT2D eigenvalue weighted by molar-refractivity contribution is 5.81. The molecular weight excluding hydrogens is 324 g/mol. The van der Waals surface area contributed by atoms with Crippen molar-refractivity contribution in [2.45, 2.75) is 39.7 Å². The fourth-order valence-corrected chi connectivity index (χ4v) is 2.78. The molecule has 0 bridgehead atoms. The van der Waals surface area contributed by atoms with E-state index in [2.05, 4.69) is 29.4 Å². The first-order valence-electron chi connectivity index (χ1n) is 9.29. The van der Waals surface area contributed by atoms with E-state index in [0.717, 1.165) is 24.3 Å². The van der Waals surface area contributed by atoms with E-state index >= 15 is 0 Å². The largest absolute Gasteiger partial charge is 0.480 e. The summed E-state index contributed by atoms with van der Waals surface area (Å²) in [5.41, 5.74) is 3.44. The first-order chi connectivity index (χ1) is 12.5. The fourth-order valence-electron chi connectivity index (χ4n) is 2.78. The van der Waals surface area contributed by atoms with Crippen molar-refractivity contribution >= 4 is 11.6 Å². The number of nitrogens with one attached hydrogen (secondary N) is 1. The SMILES string of the molecule is CC[C@H](Oc1cccc(C)c1C)C(=O)NCCCN(C)c1ccccc1. The minimum Gasteiger partial charge on any atom is -0.480 e. The number of amides is 1. The molecule has 140 valence electrons. The predicted molar refractivity (Wildman–Crippen MR) is 108 cm³/mol. The zero-order chi connectivity index (χ0) is 18.9. The summed E-state index contributed by atoms with van der Waals surface area (Å²) < 4.78 is 5.96. The van der Waals surface area contributed by atoms with Gasteiger partial charge in [0.25, 0.3) is 5.91 Å². The molecule has 0 heterocycles. The number of ether oxygens (including phenoxy) is 1. The van der Waals surface area contributed by atoms with E-state index in [1.165, 1.54) is 11.3 Å². The smallest absolute Gasteiger partial charge is 0.261 e. The van der Waals surface area contributed by atoms with Crippen LogP contribution < -0.4 is 15.0 Å². The monoisotopic (exact) mass is 354 g/mol. The molecule has 0 radical (unpaired) electrons. The van der Waals surface area contributed by atoms with Crippen molar-refractivity contribution in [1.82, 2.24) is 5.32 Å². The maximum absolute atomic E-state index is 12.4. The van der Waals surface area contributed by atoms with Gasteiger partial charge >= 0.3 is 0 Å². The third-order valence-electron chi connectivity index (χ3n) is 4.65. The molecule has 2 aromatic carbocycles. The van der Waals surface area contributed by atoms with Crippen molar-refractivity contribution in [1.29, 1.82) is 0 Å². The average Bonchev–Trinajstić information content (AvgIpc) is 2.66. The summed E-state index contributed by atoms with van der Waals surface area (Å²) in [5.74, 6) is 0.742. The summed E-state index contributed by atoms with van der Waals surface area (Å²) >= 11 is 0. The summed E-state index contributed by atoms with van der Waals surface area (Å²) in [7, 11) is 2.07. The van der Waals surface area contributed by atoms with Gasteiger partial charge < -0.3 is 15.0 Å². The molecule has 4 nitrogen and oxygen atoms in total. The van der Waals surface area contributed by atoms with Gasteiger partial charge in [-0.2, -0.15) is 0 Å². The number of anilines is 1. The minimum absolute atomic E-state index is 0.0456. The molecule has 0 aliphatic heterocycles. The van der Waals surface area contributed by atoms with Gasteiger partial charge in [-0.1, -0.05) is 37.3 Å². The normalized spacial score (nSPS) is 11.7. The molecule has 0 aliphatic carbocycles. The van der Waals surface area contributed by atoms with Crippen LogP contribution in [0.15, 0.2) is 48.5 Å². The lowest BCUT2D eigenvalue weighted by atomic mass is 10.1. The van der Waals surface area contributed by atoms with Crippen LogP contribution in [0.3, 0.4) is 0 Å². The number of carbonyl (C=O) groups excluding carboxylic acids is 1. The lowest BCUT2D eigenvalue weighted by Gasteiger charge is -2.21. The van der Waals surface area contributed by atoms with Crippen LogP contribution in [0.1, 0.15) is 30.9 Å². The Kier molecular flexibility index (Phi) is 7.52. The number of para-hydroxylation sites is 1. The lowest BCUT2D eigenvalue weighted by molar-refractivity contribution is -0.128. The average molecular weight is 354 g/mol. The third-order valence-corrected chi connectivity index (χ3v) is 4.65. The van der Waals surface area contributed by atoms with Crippen LogP contribution in [0.5, 0.6) is 5.75 Å². The van der Waals surface area contributed by atoms with E-state index in [1.807, 2.05) is 57.2 Å². The van der Waals surface area contributed by atoms with Crippen molar-refractivity contribution in [3.63, 3.8) is 0 Å². The number of hydrogen-bond acceptors (Lipinski definition) is 3. The van der Waals surface area contributed by atoms with E-state index in [4.69, 9.17) is 4.74 Å². The quantitative estimate of drug-likeness (QED) is 0.689. The Hall–Kier alpha value is -2.49. The second kappa shape index (κ2) is 9.85. The highest BCUT2D eigenvalue weighted by Crippen LogP contribution is 2.22. The molecule has 0 saturated heterocycles. The van der Waals surface area contributed by atoms with E-state index in [-0.39, 0.29) is 5.91 Å². The van der Waals surface area contributed by atoms with Gasteiger partial charge in [-0.05, 0) is 56.0 Å². The molecule has 1 amide bonds. The predicted octanol–water partition coefficient (Wildman–Crippen LogP) is 4.10. The van der Waals surface area contributed by atoms with E-state index < -0.39 is 6.10 Å². The minimum atomic E-state index is -0.456. The molecule has 0 aromatic heterocycles. The lowest BCUT2D eigenvalue weighted by Crippen LogP contribution is -2.39. The Morgan fingerprint density at radius 2 is 1.85 bits per heavy atom. The molecule has 4 heteroatoms. The van der Waals surface area contributed by atoms with Gasteiger partial charge in [0.2, 0.25) is 0 Å². The van der Waals surface area contributed by atoms with Gasteiger partial charge in [0.05, 0.1) is 0 Å². The highest BCUT2D eigenvalue weighted by Gasteiger charge is 2.19. The molecule has 26 heavy (non-hydrogen) atoms. The third kappa shape index (κ3) is 5.51. The molecule has 0 spiro atoms. The molecule has 1 atom stereocenters. The van der Waals surface area contributed by atoms with Crippen molar-refractivity contribution in [3.05, 3.63) is 59.7 Å². The molecule has 0 saturated carbocycles.